The lowest BCUT2D eigenvalue weighted by Crippen LogP contribution is -2.03. The first-order valence-electron chi connectivity index (χ1n) is 7.51. The third-order valence-electron chi connectivity index (χ3n) is 3.57. The van der Waals surface area contributed by atoms with E-state index in [0.29, 0.717) is 27.9 Å². The molecule has 25 heavy (non-hydrogen) atoms. The van der Waals surface area contributed by atoms with Crippen molar-refractivity contribution in [3.63, 3.8) is 0 Å². The molecule has 124 valence electrons. The van der Waals surface area contributed by atoms with Crippen LogP contribution in [0.4, 0.5) is 11.5 Å². The summed E-state index contributed by atoms with van der Waals surface area (Å²) in [5, 5.41) is 17.2. The third kappa shape index (κ3) is 3.55. The van der Waals surface area contributed by atoms with Gasteiger partial charge in [-0.05, 0) is 48.0 Å². The average molecular weight is 371 g/mol. The largest absolute Gasteiger partial charge is 0.339 e. The van der Waals surface area contributed by atoms with Gasteiger partial charge in [0.25, 0.3) is 0 Å². The molecular formula is C17H12Cl2N6. The number of benzene rings is 1. The molecule has 0 amide bonds. The molecule has 0 bridgehead atoms. The standard InChI is InChI=1S/C17H12Cl2N6/c18-12-8-13(19)10-14(9-12)21-15-1-2-16-22-23-17(25(16)24-15)7-11-3-5-20-6-4-11/h1-6,8-10H,7H2,(H,21,24). The maximum atomic E-state index is 6.03. The molecule has 0 aliphatic heterocycles. The Kier molecular flexibility index (Phi) is 4.21. The normalized spacial score (nSPS) is 11.0. The zero-order chi connectivity index (χ0) is 17.2. The first-order chi connectivity index (χ1) is 12.2. The highest BCUT2D eigenvalue weighted by atomic mass is 35.5. The van der Waals surface area contributed by atoms with Crippen molar-refractivity contribution in [2.45, 2.75) is 6.42 Å². The summed E-state index contributed by atoms with van der Waals surface area (Å²) in [7, 11) is 0. The van der Waals surface area contributed by atoms with Crippen molar-refractivity contribution in [1.29, 1.82) is 0 Å². The molecule has 0 aliphatic rings. The first kappa shape index (κ1) is 15.8. The number of nitrogens with one attached hydrogen (secondary N) is 1. The number of nitrogens with zero attached hydrogens (tertiary/aromatic N) is 5. The summed E-state index contributed by atoms with van der Waals surface area (Å²) in [6.45, 7) is 0. The molecule has 0 atom stereocenters. The third-order valence-corrected chi connectivity index (χ3v) is 4.01. The Bertz CT molecular complexity index is 1010. The SMILES string of the molecule is Clc1cc(Cl)cc(Nc2ccc3nnc(Cc4ccncc4)n3n2)c1. The number of halogens is 2. The lowest BCUT2D eigenvalue weighted by Gasteiger charge is -2.07. The van der Waals surface area contributed by atoms with Crippen LogP contribution < -0.4 is 5.32 Å². The van der Waals surface area contributed by atoms with Gasteiger partial charge in [0.05, 0.1) is 0 Å². The summed E-state index contributed by atoms with van der Waals surface area (Å²) in [6.07, 6.45) is 4.12. The fourth-order valence-electron chi connectivity index (χ4n) is 2.47. The molecule has 8 heteroatoms. The van der Waals surface area contributed by atoms with Crippen LogP contribution in [-0.2, 0) is 6.42 Å². The number of aromatic nitrogens is 5. The van der Waals surface area contributed by atoms with Gasteiger partial charge in [-0.25, -0.2) is 0 Å². The van der Waals surface area contributed by atoms with E-state index < -0.39 is 0 Å². The molecule has 0 saturated heterocycles. The van der Waals surface area contributed by atoms with Crippen LogP contribution in [0.25, 0.3) is 5.65 Å². The van der Waals surface area contributed by atoms with E-state index in [1.807, 2.05) is 24.3 Å². The van der Waals surface area contributed by atoms with Gasteiger partial charge in [0, 0.05) is 34.5 Å². The smallest absolute Gasteiger partial charge is 0.178 e. The monoisotopic (exact) mass is 370 g/mol. The van der Waals surface area contributed by atoms with Crippen LogP contribution in [0.15, 0.2) is 54.9 Å². The molecule has 4 rings (SSSR count). The number of hydrogen-bond acceptors (Lipinski definition) is 5. The van der Waals surface area contributed by atoms with Crippen molar-refractivity contribution < 1.29 is 0 Å². The molecule has 3 aromatic heterocycles. The Morgan fingerprint density at radius 3 is 2.44 bits per heavy atom. The van der Waals surface area contributed by atoms with Gasteiger partial charge in [-0.3, -0.25) is 4.98 Å². The van der Waals surface area contributed by atoms with E-state index in [4.69, 9.17) is 23.2 Å². The highest BCUT2D eigenvalue weighted by Crippen LogP contribution is 2.24. The van der Waals surface area contributed by atoms with E-state index >= 15 is 0 Å². The quantitative estimate of drug-likeness (QED) is 0.584. The van der Waals surface area contributed by atoms with Crippen LogP contribution in [-0.4, -0.2) is 24.8 Å². The summed E-state index contributed by atoms with van der Waals surface area (Å²) in [4.78, 5) is 4.02. The second-order valence-corrected chi connectivity index (χ2v) is 6.29. The molecule has 0 unspecified atom stereocenters. The van der Waals surface area contributed by atoms with Gasteiger partial charge in [-0.15, -0.1) is 15.3 Å². The van der Waals surface area contributed by atoms with E-state index in [1.54, 1.807) is 35.1 Å². The molecule has 1 aromatic carbocycles. The van der Waals surface area contributed by atoms with Crippen LogP contribution in [0.3, 0.4) is 0 Å². The lowest BCUT2D eigenvalue weighted by molar-refractivity contribution is 0.841. The van der Waals surface area contributed by atoms with Crippen molar-refractivity contribution in [1.82, 2.24) is 24.8 Å². The summed E-state index contributed by atoms with van der Waals surface area (Å²) in [6, 6.07) is 12.8. The van der Waals surface area contributed by atoms with Crippen LogP contribution >= 0.6 is 23.2 Å². The van der Waals surface area contributed by atoms with Crippen LogP contribution in [0, 0.1) is 0 Å². The van der Waals surface area contributed by atoms with Crippen LogP contribution in [0.2, 0.25) is 10.0 Å². The Morgan fingerprint density at radius 1 is 0.920 bits per heavy atom. The predicted molar refractivity (Wildman–Crippen MR) is 97.6 cm³/mol. The minimum atomic E-state index is 0.554. The molecule has 0 spiro atoms. The van der Waals surface area contributed by atoms with Gasteiger partial charge in [-0.2, -0.15) is 4.52 Å². The summed E-state index contributed by atoms with van der Waals surface area (Å²) >= 11 is 12.1. The predicted octanol–water partition coefficient (Wildman–Crippen LogP) is 4.16. The van der Waals surface area contributed by atoms with Gasteiger partial charge >= 0.3 is 0 Å². The Labute approximate surface area is 153 Å². The number of hydrogen-bond donors (Lipinski definition) is 1. The van der Waals surface area contributed by atoms with Crippen LogP contribution in [0.1, 0.15) is 11.4 Å². The first-order valence-corrected chi connectivity index (χ1v) is 8.26. The summed E-state index contributed by atoms with van der Waals surface area (Å²) in [5.74, 6) is 1.38. The van der Waals surface area contributed by atoms with Crippen molar-refractivity contribution >= 4 is 40.4 Å². The number of pyridine rings is 1. The zero-order valence-corrected chi connectivity index (χ0v) is 14.4. The van der Waals surface area contributed by atoms with Crippen LogP contribution in [0.5, 0.6) is 0 Å². The minimum Gasteiger partial charge on any atom is -0.339 e. The lowest BCUT2D eigenvalue weighted by atomic mass is 10.2. The van der Waals surface area contributed by atoms with Gasteiger partial charge < -0.3 is 5.32 Å². The molecule has 0 radical (unpaired) electrons. The Hall–Kier alpha value is -2.70. The molecule has 0 fully saturated rings. The van der Waals surface area contributed by atoms with Crippen molar-refractivity contribution in [2.75, 3.05) is 5.32 Å². The zero-order valence-electron chi connectivity index (χ0n) is 12.9. The molecule has 4 aromatic rings. The minimum absolute atomic E-state index is 0.554. The van der Waals surface area contributed by atoms with E-state index in [9.17, 15) is 0 Å². The highest BCUT2D eigenvalue weighted by Gasteiger charge is 2.09. The van der Waals surface area contributed by atoms with Crippen molar-refractivity contribution in [3.05, 3.63) is 76.3 Å². The summed E-state index contributed by atoms with van der Waals surface area (Å²) < 4.78 is 1.72. The highest BCUT2D eigenvalue weighted by molar-refractivity contribution is 6.35. The van der Waals surface area contributed by atoms with E-state index in [1.165, 1.54) is 0 Å². The maximum Gasteiger partial charge on any atom is 0.178 e. The second kappa shape index (κ2) is 6.66. The second-order valence-electron chi connectivity index (χ2n) is 5.42. The van der Waals surface area contributed by atoms with E-state index in [0.717, 1.165) is 17.1 Å². The van der Waals surface area contributed by atoms with E-state index in [-0.39, 0.29) is 0 Å². The van der Waals surface area contributed by atoms with E-state index in [2.05, 4.69) is 25.6 Å². The summed E-state index contributed by atoms with van der Waals surface area (Å²) in [5.41, 5.74) is 2.53. The molecule has 0 aliphatic carbocycles. The molecule has 0 saturated carbocycles. The number of rotatable bonds is 4. The van der Waals surface area contributed by atoms with Gasteiger partial charge in [0.2, 0.25) is 0 Å². The Morgan fingerprint density at radius 2 is 1.68 bits per heavy atom. The van der Waals surface area contributed by atoms with Crippen molar-refractivity contribution in [3.8, 4) is 0 Å². The van der Waals surface area contributed by atoms with Gasteiger partial charge in [0.15, 0.2) is 17.3 Å². The average Bonchev–Trinajstić information content (AvgIpc) is 2.97. The fraction of sp³-hybridized carbons (Fsp3) is 0.0588. The fourth-order valence-corrected chi connectivity index (χ4v) is 2.99. The molecule has 1 N–H and O–H groups in total. The number of anilines is 2. The molecule has 6 nitrogen and oxygen atoms in total. The Balaban J connectivity index is 1.66. The van der Waals surface area contributed by atoms with Gasteiger partial charge in [-0.1, -0.05) is 23.2 Å². The molecule has 3 heterocycles. The maximum absolute atomic E-state index is 6.03. The number of fused-ring (bicyclic) bond motifs is 1. The molecular weight excluding hydrogens is 359 g/mol. The topological polar surface area (TPSA) is 68.0 Å². The van der Waals surface area contributed by atoms with Crippen molar-refractivity contribution in [2.24, 2.45) is 0 Å². The van der Waals surface area contributed by atoms with Gasteiger partial charge in [0.1, 0.15) is 0 Å².